The number of methoxy groups -OCH3 is 1. The van der Waals surface area contributed by atoms with Crippen LogP contribution >= 0.6 is 11.6 Å². The molecule has 2 aromatic rings. The molecule has 3 N–H and O–H groups in total. The first kappa shape index (κ1) is 16.8. The zero-order valence-electron chi connectivity index (χ0n) is 12.2. The molecule has 0 unspecified atom stereocenters. The molecule has 2 aromatic carbocycles. The van der Waals surface area contributed by atoms with Gasteiger partial charge in [-0.05, 0) is 23.3 Å². The zero-order chi connectivity index (χ0) is 16.8. The summed E-state index contributed by atoms with van der Waals surface area (Å²) in [6.45, 7) is 0. The number of carbonyl (C=O) groups is 1. The molecule has 120 valence electrons. The summed E-state index contributed by atoms with van der Waals surface area (Å²) in [5.41, 5.74) is 3.22. The summed E-state index contributed by atoms with van der Waals surface area (Å²) < 4.78 is 4.97. The van der Waals surface area contributed by atoms with Gasteiger partial charge in [-0.2, -0.15) is 5.10 Å². The van der Waals surface area contributed by atoms with Gasteiger partial charge >= 0.3 is 0 Å². The Morgan fingerprint density at radius 1 is 1.35 bits per heavy atom. The number of aliphatic hydroxyl groups excluding tert-OH is 1. The van der Waals surface area contributed by atoms with E-state index in [1.807, 2.05) is 0 Å². The van der Waals surface area contributed by atoms with E-state index < -0.39 is 12.0 Å². The Balaban J connectivity index is 2.04. The van der Waals surface area contributed by atoms with Crippen LogP contribution in [0.25, 0.3) is 0 Å². The molecular formula is C16H15ClN2O4. The van der Waals surface area contributed by atoms with Crippen molar-refractivity contribution in [1.82, 2.24) is 5.43 Å². The second-order valence-corrected chi connectivity index (χ2v) is 5.01. The highest BCUT2D eigenvalue weighted by molar-refractivity contribution is 6.32. The monoisotopic (exact) mass is 334 g/mol. The quantitative estimate of drug-likeness (QED) is 0.577. The van der Waals surface area contributed by atoms with E-state index in [9.17, 15) is 15.0 Å². The minimum absolute atomic E-state index is 0.0986. The van der Waals surface area contributed by atoms with Crippen molar-refractivity contribution in [3.8, 4) is 11.5 Å². The van der Waals surface area contributed by atoms with Crippen LogP contribution in [0.4, 0.5) is 0 Å². The van der Waals surface area contributed by atoms with Crippen LogP contribution in [-0.2, 0) is 4.79 Å². The van der Waals surface area contributed by atoms with Gasteiger partial charge in [0.15, 0.2) is 17.6 Å². The van der Waals surface area contributed by atoms with Gasteiger partial charge in [-0.25, -0.2) is 5.43 Å². The van der Waals surface area contributed by atoms with Gasteiger partial charge in [-0.15, -0.1) is 0 Å². The van der Waals surface area contributed by atoms with Crippen molar-refractivity contribution in [1.29, 1.82) is 0 Å². The molecule has 2 rings (SSSR count). The Labute approximate surface area is 138 Å². The number of aromatic hydroxyl groups is 1. The molecule has 0 spiro atoms. The van der Waals surface area contributed by atoms with Crippen molar-refractivity contribution in [3.05, 3.63) is 58.6 Å². The van der Waals surface area contributed by atoms with E-state index in [0.717, 1.165) is 0 Å². The normalized spacial score (nSPS) is 12.1. The number of rotatable bonds is 5. The Hall–Kier alpha value is -2.57. The number of hydrazone groups is 1. The van der Waals surface area contributed by atoms with Gasteiger partial charge in [0.05, 0.1) is 18.3 Å². The topological polar surface area (TPSA) is 91.2 Å². The summed E-state index contributed by atoms with van der Waals surface area (Å²) in [5.74, 6) is -0.645. The largest absolute Gasteiger partial charge is 0.503 e. The highest BCUT2D eigenvalue weighted by Crippen LogP contribution is 2.34. The number of carbonyl (C=O) groups excluding carboxylic acids is 1. The van der Waals surface area contributed by atoms with Gasteiger partial charge in [0.1, 0.15) is 0 Å². The fraction of sp³-hybridized carbons (Fsp3) is 0.125. The third-order valence-corrected chi connectivity index (χ3v) is 3.31. The number of aliphatic hydroxyl groups is 1. The number of nitrogens with zero attached hydrogens (tertiary/aromatic N) is 1. The van der Waals surface area contributed by atoms with E-state index in [4.69, 9.17) is 16.3 Å². The standard InChI is InChI=1S/C16H15ClN2O4/c1-23-13-8-10(7-12(17)15(13)21)9-18-19-16(22)14(20)11-5-3-2-4-6-11/h2-9,14,20-21H,1H3,(H,19,22)/b18-9-/t14-/m0/s1. The lowest BCUT2D eigenvalue weighted by molar-refractivity contribution is -0.129. The lowest BCUT2D eigenvalue weighted by Crippen LogP contribution is -2.25. The molecule has 0 aliphatic heterocycles. The molecule has 0 radical (unpaired) electrons. The first-order valence-electron chi connectivity index (χ1n) is 6.65. The van der Waals surface area contributed by atoms with Crippen LogP contribution in [0.15, 0.2) is 47.6 Å². The van der Waals surface area contributed by atoms with E-state index in [1.54, 1.807) is 30.3 Å². The minimum Gasteiger partial charge on any atom is -0.503 e. The summed E-state index contributed by atoms with van der Waals surface area (Å²) in [5, 5.41) is 23.4. The minimum atomic E-state index is -1.31. The lowest BCUT2D eigenvalue weighted by Gasteiger charge is -2.09. The van der Waals surface area contributed by atoms with E-state index in [-0.39, 0.29) is 16.5 Å². The number of ether oxygens (including phenoxy) is 1. The molecule has 1 amide bonds. The first-order chi connectivity index (χ1) is 11.0. The van der Waals surface area contributed by atoms with Crippen LogP contribution in [0.5, 0.6) is 11.5 Å². The Bertz CT molecular complexity index is 720. The maximum absolute atomic E-state index is 11.8. The van der Waals surface area contributed by atoms with Gasteiger partial charge in [-0.3, -0.25) is 4.79 Å². The van der Waals surface area contributed by atoms with Crippen molar-refractivity contribution in [2.75, 3.05) is 7.11 Å². The Kier molecular flexibility index (Phi) is 5.56. The fourth-order valence-electron chi connectivity index (χ4n) is 1.84. The highest BCUT2D eigenvalue weighted by Gasteiger charge is 2.16. The predicted molar refractivity (Wildman–Crippen MR) is 86.8 cm³/mol. The van der Waals surface area contributed by atoms with Gasteiger partial charge in [-0.1, -0.05) is 41.9 Å². The fourth-order valence-corrected chi connectivity index (χ4v) is 2.06. The molecule has 0 saturated heterocycles. The third kappa shape index (κ3) is 4.21. The number of phenolic OH excluding ortho intramolecular Hbond substituents is 1. The maximum atomic E-state index is 11.8. The predicted octanol–water partition coefficient (Wildman–Crippen LogP) is 2.24. The second-order valence-electron chi connectivity index (χ2n) is 4.60. The highest BCUT2D eigenvalue weighted by atomic mass is 35.5. The molecule has 23 heavy (non-hydrogen) atoms. The maximum Gasteiger partial charge on any atom is 0.273 e. The number of hydrogen-bond donors (Lipinski definition) is 3. The Morgan fingerprint density at radius 3 is 2.70 bits per heavy atom. The van der Waals surface area contributed by atoms with E-state index in [2.05, 4.69) is 10.5 Å². The molecule has 6 nitrogen and oxygen atoms in total. The zero-order valence-corrected chi connectivity index (χ0v) is 13.0. The number of halogens is 1. The molecule has 7 heteroatoms. The van der Waals surface area contributed by atoms with Gasteiger partial charge in [0.2, 0.25) is 0 Å². The van der Waals surface area contributed by atoms with Gasteiger partial charge < -0.3 is 14.9 Å². The smallest absolute Gasteiger partial charge is 0.273 e. The van der Waals surface area contributed by atoms with Crippen LogP contribution < -0.4 is 10.2 Å². The molecule has 0 saturated carbocycles. The van der Waals surface area contributed by atoms with E-state index in [1.165, 1.54) is 25.5 Å². The van der Waals surface area contributed by atoms with E-state index >= 15 is 0 Å². The summed E-state index contributed by atoms with van der Waals surface area (Å²) in [6, 6.07) is 11.5. The SMILES string of the molecule is COc1cc(/C=N\NC(=O)[C@@H](O)c2ccccc2)cc(Cl)c1O. The van der Waals surface area contributed by atoms with Gasteiger partial charge in [0, 0.05) is 0 Å². The molecule has 1 atom stereocenters. The molecule has 0 fully saturated rings. The third-order valence-electron chi connectivity index (χ3n) is 3.02. The van der Waals surface area contributed by atoms with Gasteiger partial charge in [0.25, 0.3) is 5.91 Å². The van der Waals surface area contributed by atoms with Crippen LogP contribution in [-0.4, -0.2) is 29.4 Å². The van der Waals surface area contributed by atoms with Crippen molar-refractivity contribution in [2.24, 2.45) is 5.10 Å². The molecular weight excluding hydrogens is 320 g/mol. The van der Waals surface area contributed by atoms with Crippen molar-refractivity contribution >= 4 is 23.7 Å². The summed E-state index contributed by atoms with van der Waals surface area (Å²) in [4.78, 5) is 11.8. The average molecular weight is 335 g/mol. The van der Waals surface area contributed by atoms with Crippen LogP contribution in [0.2, 0.25) is 5.02 Å². The van der Waals surface area contributed by atoms with Crippen molar-refractivity contribution in [3.63, 3.8) is 0 Å². The second kappa shape index (κ2) is 7.62. The molecule has 0 heterocycles. The number of nitrogens with one attached hydrogen (secondary N) is 1. The molecule has 0 aliphatic carbocycles. The summed E-state index contributed by atoms with van der Waals surface area (Å²) in [7, 11) is 1.39. The number of phenols is 1. The molecule has 0 aliphatic rings. The molecule has 0 aromatic heterocycles. The summed E-state index contributed by atoms with van der Waals surface area (Å²) >= 11 is 5.85. The Morgan fingerprint density at radius 2 is 2.04 bits per heavy atom. The lowest BCUT2D eigenvalue weighted by atomic mass is 10.1. The number of amides is 1. The van der Waals surface area contributed by atoms with Crippen molar-refractivity contribution < 1.29 is 19.7 Å². The van der Waals surface area contributed by atoms with E-state index in [0.29, 0.717) is 11.1 Å². The average Bonchev–Trinajstić information content (AvgIpc) is 2.57. The number of benzene rings is 2. The molecule has 0 bridgehead atoms. The first-order valence-corrected chi connectivity index (χ1v) is 7.03. The van der Waals surface area contributed by atoms with Crippen LogP contribution in [0, 0.1) is 0 Å². The number of hydrogen-bond acceptors (Lipinski definition) is 5. The van der Waals surface area contributed by atoms with Crippen molar-refractivity contribution in [2.45, 2.75) is 6.10 Å². The van der Waals surface area contributed by atoms with Crippen LogP contribution in [0.1, 0.15) is 17.2 Å². The summed E-state index contributed by atoms with van der Waals surface area (Å²) in [6.07, 6.45) is 0.00925. The van der Waals surface area contributed by atoms with Crippen LogP contribution in [0.3, 0.4) is 0 Å².